The van der Waals surface area contributed by atoms with Gasteiger partial charge in [-0.25, -0.2) is 4.79 Å². The lowest BCUT2D eigenvalue weighted by atomic mass is 10.1. The van der Waals surface area contributed by atoms with Crippen molar-refractivity contribution in [2.45, 2.75) is 13.3 Å². The van der Waals surface area contributed by atoms with Gasteiger partial charge in [0, 0.05) is 17.9 Å². The van der Waals surface area contributed by atoms with Crippen LogP contribution in [0.25, 0.3) is 10.8 Å². The Morgan fingerprint density at radius 1 is 1.05 bits per heavy atom. The molecule has 0 spiro atoms. The van der Waals surface area contributed by atoms with Crippen molar-refractivity contribution in [1.82, 2.24) is 0 Å². The van der Waals surface area contributed by atoms with Gasteiger partial charge in [0.05, 0.1) is 0 Å². The lowest BCUT2D eigenvalue weighted by Gasteiger charge is -2.05. The summed E-state index contributed by atoms with van der Waals surface area (Å²) in [6.07, 6.45) is 2.78. The number of hydrogen-bond donors (Lipinski definition) is 0. The number of carbonyl (C=O) groups excluding carboxylic acids is 2. The van der Waals surface area contributed by atoms with Crippen molar-refractivity contribution >= 4 is 22.5 Å². The molecule has 2 rings (SSSR count). The summed E-state index contributed by atoms with van der Waals surface area (Å²) in [4.78, 5) is 22.7. The van der Waals surface area contributed by atoms with Crippen LogP contribution in [0, 0.1) is 0 Å². The molecule has 0 aromatic heterocycles. The quantitative estimate of drug-likeness (QED) is 0.477. The number of ether oxygens (including phenoxy) is 1. The Kier molecular flexibility index (Phi) is 4.08. The van der Waals surface area contributed by atoms with Crippen LogP contribution in [-0.4, -0.2) is 11.8 Å². The summed E-state index contributed by atoms with van der Waals surface area (Å²) >= 11 is 0. The molecule has 0 bridgehead atoms. The molecule has 0 aliphatic heterocycles. The zero-order valence-corrected chi connectivity index (χ0v) is 10.6. The second-order valence-electron chi connectivity index (χ2n) is 4.05. The first-order chi connectivity index (χ1) is 9.20. The van der Waals surface area contributed by atoms with Gasteiger partial charge in [-0.15, -0.1) is 0 Å². The van der Waals surface area contributed by atoms with Gasteiger partial charge < -0.3 is 4.74 Å². The Bertz CT molecular complexity index is 636. The van der Waals surface area contributed by atoms with Crippen LogP contribution in [-0.2, 0) is 9.59 Å². The maximum atomic E-state index is 11.6. The molecule has 0 N–H and O–H groups in total. The topological polar surface area (TPSA) is 43.4 Å². The largest absolute Gasteiger partial charge is 0.423 e. The molecule has 2 aromatic rings. The molecule has 3 nitrogen and oxygen atoms in total. The van der Waals surface area contributed by atoms with Crippen LogP contribution >= 0.6 is 0 Å². The second-order valence-corrected chi connectivity index (χ2v) is 4.05. The molecule has 3 heteroatoms. The highest BCUT2D eigenvalue weighted by molar-refractivity contribution is 5.97. The average Bonchev–Trinajstić information content (AvgIpc) is 2.45. The van der Waals surface area contributed by atoms with Crippen molar-refractivity contribution in [3.8, 4) is 5.75 Å². The van der Waals surface area contributed by atoms with Crippen molar-refractivity contribution in [3.05, 3.63) is 54.6 Å². The molecule has 0 heterocycles. The Morgan fingerprint density at radius 3 is 2.58 bits per heavy atom. The Labute approximate surface area is 111 Å². The van der Waals surface area contributed by atoms with Gasteiger partial charge in [0.2, 0.25) is 0 Å². The predicted octanol–water partition coefficient (Wildman–Crippen LogP) is 3.28. The summed E-state index contributed by atoms with van der Waals surface area (Å²) in [5.74, 6) is -0.148. The Balaban J connectivity index is 2.20. The molecule has 0 aliphatic rings. The maximum Gasteiger partial charge on any atom is 0.336 e. The minimum atomic E-state index is -0.543. The second kappa shape index (κ2) is 5.96. The summed E-state index contributed by atoms with van der Waals surface area (Å²) in [5.41, 5.74) is 0. The molecule has 0 atom stereocenters. The SMILES string of the molecule is CCC(=O)C=CC(=O)Oc1cccc2ccccc12. The third kappa shape index (κ3) is 3.28. The van der Waals surface area contributed by atoms with Crippen LogP contribution in [0.5, 0.6) is 5.75 Å². The van der Waals surface area contributed by atoms with E-state index in [2.05, 4.69) is 0 Å². The number of carbonyl (C=O) groups is 2. The zero-order chi connectivity index (χ0) is 13.7. The highest BCUT2D eigenvalue weighted by Crippen LogP contribution is 2.25. The number of esters is 1. The van der Waals surface area contributed by atoms with Crippen LogP contribution in [0.3, 0.4) is 0 Å². The fourth-order valence-corrected chi connectivity index (χ4v) is 1.71. The summed E-state index contributed by atoms with van der Waals surface area (Å²) in [6.45, 7) is 1.74. The van der Waals surface area contributed by atoms with Crippen molar-refractivity contribution in [2.24, 2.45) is 0 Å². The number of fused-ring (bicyclic) bond motifs is 1. The smallest absolute Gasteiger partial charge is 0.336 e. The van der Waals surface area contributed by atoms with E-state index in [0.717, 1.165) is 16.8 Å². The van der Waals surface area contributed by atoms with E-state index in [4.69, 9.17) is 4.74 Å². The van der Waals surface area contributed by atoms with Gasteiger partial charge in [0.15, 0.2) is 5.78 Å². The first kappa shape index (κ1) is 13.0. The molecule has 0 saturated heterocycles. The van der Waals surface area contributed by atoms with E-state index in [-0.39, 0.29) is 5.78 Å². The number of allylic oxidation sites excluding steroid dienone is 1. The van der Waals surface area contributed by atoms with E-state index in [9.17, 15) is 9.59 Å². The van der Waals surface area contributed by atoms with E-state index in [1.165, 1.54) is 6.08 Å². The van der Waals surface area contributed by atoms with Gasteiger partial charge in [-0.05, 0) is 17.5 Å². The molecule has 0 amide bonds. The summed E-state index contributed by atoms with van der Waals surface area (Å²) < 4.78 is 5.24. The van der Waals surface area contributed by atoms with E-state index in [1.807, 2.05) is 36.4 Å². The van der Waals surface area contributed by atoms with Crippen LogP contribution in [0.2, 0.25) is 0 Å². The van der Waals surface area contributed by atoms with Gasteiger partial charge in [0.1, 0.15) is 5.75 Å². The van der Waals surface area contributed by atoms with Gasteiger partial charge in [0.25, 0.3) is 0 Å². The van der Waals surface area contributed by atoms with E-state index < -0.39 is 5.97 Å². The molecular formula is C16H14O3. The van der Waals surface area contributed by atoms with Crippen LogP contribution in [0.1, 0.15) is 13.3 Å². The highest BCUT2D eigenvalue weighted by Gasteiger charge is 2.05. The summed E-state index contributed by atoms with van der Waals surface area (Å²) in [7, 11) is 0. The summed E-state index contributed by atoms with van der Waals surface area (Å²) in [6, 6.07) is 13.1. The van der Waals surface area contributed by atoms with Crippen molar-refractivity contribution in [2.75, 3.05) is 0 Å². The fraction of sp³-hybridized carbons (Fsp3) is 0.125. The van der Waals surface area contributed by atoms with Crippen molar-refractivity contribution in [1.29, 1.82) is 0 Å². The molecule has 96 valence electrons. The third-order valence-electron chi connectivity index (χ3n) is 2.71. The number of ketones is 1. The maximum absolute atomic E-state index is 11.6. The Morgan fingerprint density at radius 2 is 1.79 bits per heavy atom. The first-order valence-corrected chi connectivity index (χ1v) is 6.11. The molecular weight excluding hydrogens is 240 g/mol. The molecule has 0 radical (unpaired) electrons. The monoisotopic (exact) mass is 254 g/mol. The molecule has 19 heavy (non-hydrogen) atoms. The highest BCUT2D eigenvalue weighted by atomic mass is 16.5. The van der Waals surface area contributed by atoms with Crippen molar-refractivity contribution in [3.63, 3.8) is 0 Å². The number of rotatable bonds is 4. The number of hydrogen-bond acceptors (Lipinski definition) is 3. The molecule has 0 saturated carbocycles. The molecule has 0 unspecified atom stereocenters. The lowest BCUT2D eigenvalue weighted by molar-refractivity contribution is -0.129. The summed E-state index contributed by atoms with van der Waals surface area (Å²) in [5, 5.41) is 1.87. The van der Waals surface area contributed by atoms with Crippen LogP contribution < -0.4 is 4.74 Å². The van der Waals surface area contributed by atoms with E-state index in [0.29, 0.717) is 12.2 Å². The van der Waals surface area contributed by atoms with Gasteiger partial charge in [-0.2, -0.15) is 0 Å². The normalized spacial score (nSPS) is 10.8. The van der Waals surface area contributed by atoms with Gasteiger partial charge in [-0.1, -0.05) is 43.3 Å². The third-order valence-corrected chi connectivity index (χ3v) is 2.71. The van der Waals surface area contributed by atoms with E-state index >= 15 is 0 Å². The minimum Gasteiger partial charge on any atom is -0.423 e. The standard InChI is InChI=1S/C16H14O3/c1-2-13(17)10-11-16(18)19-15-9-5-7-12-6-3-4-8-14(12)15/h3-11H,2H2,1H3. The van der Waals surface area contributed by atoms with E-state index in [1.54, 1.807) is 13.0 Å². The van der Waals surface area contributed by atoms with Crippen LogP contribution in [0.4, 0.5) is 0 Å². The molecule has 0 aliphatic carbocycles. The van der Waals surface area contributed by atoms with Gasteiger partial charge in [-0.3, -0.25) is 4.79 Å². The fourth-order valence-electron chi connectivity index (χ4n) is 1.71. The van der Waals surface area contributed by atoms with Gasteiger partial charge >= 0.3 is 5.97 Å². The predicted molar refractivity (Wildman–Crippen MR) is 74.0 cm³/mol. The average molecular weight is 254 g/mol. The number of benzene rings is 2. The first-order valence-electron chi connectivity index (χ1n) is 6.11. The molecule has 2 aromatic carbocycles. The van der Waals surface area contributed by atoms with Crippen molar-refractivity contribution < 1.29 is 14.3 Å². The lowest BCUT2D eigenvalue weighted by Crippen LogP contribution is -2.05. The molecule has 0 fully saturated rings. The Hall–Kier alpha value is -2.42. The zero-order valence-electron chi connectivity index (χ0n) is 10.6. The van der Waals surface area contributed by atoms with Crippen LogP contribution in [0.15, 0.2) is 54.6 Å². The minimum absolute atomic E-state index is 0.102.